The number of rotatable bonds is 4. The molecule has 3 rings (SSSR count). The molecule has 0 heterocycles. The Morgan fingerprint density at radius 2 is 2.11 bits per heavy atom. The number of carbonyl (C=O) groups excluding carboxylic acids is 1. The summed E-state index contributed by atoms with van der Waals surface area (Å²) in [5.74, 6) is 0.263. The molecule has 19 heavy (non-hydrogen) atoms. The number of benzene rings is 1. The first-order valence-corrected chi connectivity index (χ1v) is 6.42. The smallest absolute Gasteiger partial charge is 0.316 e. The highest BCUT2D eigenvalue weighted by Crippen LogP contribution is 2.50. The zero-order chi connectivity index (χ0) is 13.5. The number of ether oxygens (including phenoxy) is 2. The monoisotopic (exact) mass is 260 g/mol. The summed E-state index contributed by atoms with van der Waals surface area (Å²) in [6.07, 6.45) is 5.37. The van der Waals surface area contributed by atoms with E-state index in [2.05, 4.69) is 0 Å². The lowest BCUT2D eigenvalue weighted by Gasteiger charge is -2.14. The quantitative estimate of drug-likeness (QED) is 0.668. The van der Waals surface area contributed by atoms with Crippen LogP contribution < -0.4 is 4.74 Å². The predicted molar refractivity (Wildman–Crippen MR) is 69.0 cm³/mol. The Balaban J connectivity index is 1.88. The Morgan fingerprint density at radius 3 is 2.68 bits per heavy atom. The number of aromatic hydroxyl groups is 1. The van der Waals surface area contributed by atoms with Crippen LogP contribution in [-0.2, 0) is 14.9 Å². The summed E-state index contributed by atoms with van der Waals surface area (Å²) in [5, 5.41) is 9.78. The van der Waals surface area contributed by atoms with E-state index in [1.165, 1.54) is 12.7 Å². The van der Waals surface area contributed by atoms with E-state index in [0.29, 0.717) is 5.75 Å². The third-order valence-corrected chi connectivity index (χ3v) is 3.73. The molecule has 0 amide bonds. The van der Waals surface area contributed by atoms with Crippen LogP contribution in [-0.4, -0.2) is 18.2 Å². The molecular weight excluding hydrogens is 244 g/mol. The summed E-state index contributed by atoms with van der Waals surface area (Å²) in [6.45, 7) is 0. The van der Waals surface area contributed by atoms with Crippen LogP contribution in [0.25, 0.3) is 0 Å². The second-order valence-electron chi connectivity index (χ2n) is 5.15. The van der Waals surface area contributed by atoms with Gasteiger partial charge in [0.2, 0.25) is 0 Å². The summed E-state index contributed by atoms with van der Waals surface area (Å²) in [7, 11) is 1.40. The number of methoxy groups -OCH3 is 1. The number of carbonyl (C=O) groups is 1. The van der Waals surface area contributed by atoms with Crippen LogP contribution in [0, 0.1) is 0 Å². The van der Waals surface area contributed by atoms with Crippen molar-refractivity contribution in [3.05, 3.63) is 35.6 Å². The number of allylic oxidation sites excluding steroid dienone is 1. The topological polar surface area (TPSA) is 55.8 Å². The minimum Gasteiger partial charge on any atom is -0.504 e. The lowest BCUT2D eigenvalue weighted by Crippen LogP contribution is -2.21. The molecule has 0 spiro atoms. The second-order valence-corrected chi connectivity index (χ2v) is 5.15. The van der Waals surface area contributed by atoms with Crippen molar-refractivity contribution < 1.29 is 19.4 Å². The third kappa shape index (κ3) is 2.18. The van der Waals surface area contributed by atoms with Crippen molar-refractivity contribution in [1.29, 1.82) is 0 Å². The molecule has 4 heteroatoms. The van der Waals surface area contributed by atoms with Crippen LogP contribution in [0.3, 0.4) is 0 Å². The molecule has 100 valence electrons. The average Bonchev–Trinajstić information content (AvgIpc) is 3.29. The first kappa shape index (κ1) is 12.1. The summed E-state index contributed by atoms with van der Waals surface area (Å²) < 4.78 is 10.3. The van der Waals surface area contributed by atoms with Crippen LogP contribution in [0.5, 0.6) is 11.5 Å². The number of hydrogen-bond acceptors (Lipinski definition) is 4. The van der Waals surface area contributed by atoms with Gasteiger partial charge in [0.1, 0.15) is 0 Å². The summed E-state index contributed by atoms with van der Waals surface area (Å²) in [4.78, 5) is 11.8. The van der Waals surface area contributed by atoms with Gasteiger partial charge in [-0.05, 0) is 49.0 Å². The molecule has 1 aromatic rings. The zero-order valence-electron chi connectivity index (χ0n) is 10.8. The fourth-order valence-corrected chi connectivity index (χ4v) is 2.17. The van der Waals surface area contributed by atoms with E-state index in [4.69, 9.17) is 9.47 Å². The summed E-state index contributed by atoms with van der Waals surface area (Å²) >= 11 is 0. The van der Waals surface area contributed by atoms with E-state index >= 15 is 0 Å². The van der Waals surface area contributed by atoms with Gasteiger partial charge in [-0.1, -0.05) is 6.07 Å². The van der Waals surface area contributed by atoms with Gasteiger partial charge in [-0.25, -0.2) is 0 Å². The predicted octanol–water partition coefficient (Wildman–Crippen LogP) is 2.65. The van der Waals surface area contributed by atoms with Crippen molar-refractivity contribution in [1.82, 2.24) is 0 Å². The molecule has 1 N–H and O–H groups in total. The fourth-order valence-electron chi connectivity index (χ4n) is 2.17. The molecule has 0 aromatic heterocycles. The van der Waals surface area contributed by atoms with E-state index in [0.717, 1.165) is 31.2 Å². The van der Waals surface area contributed by atoms with Gasteiger partial charge in [-0.3, -0.25) is 4.79 Å². The Hall–Kier alpha value is -1.97. The fraction of sp³-hybridized carbons (Fsp3) is 0.400. The minimum atomic E-state index is -0.534. The maximum Gasteiger partial charge on any atom is 0.316 e. The third-order valence-electron chi connectivity index (χ3n) is 3.73. The lowest BCUT2D eigenvalue weighted by atomic mass is 9.96. The Kier molecular flexibility index (Phi) is 2.73. The van der Waals surface area contributed by atoms with Crippen molar-refractivity contribution in [2.24, 2.45) is 0 Å². The van der Waals surface area contributed by atoms with Gasteiger partial charge in [-0.15, -0.1) is 0 Å². The Labute approximate surface area is 111 Å². The van der Waals surface area contributed by atoms with Crippen LogP contribution in [0.1, 0.15) is 31.2 Å². The minimum absolute atomic E-state index is 0.0851. The molecule has 0 radical (unpaired) electrons. The highest BCUT2D eigenvalue weighted by atomic mass is 16.5. The molecule has 0 unspecified atom stereocenters. The van der Waals surface area contributed by atoms with Crippen molar-refractivity contribution in [2.45, 2.75) is 31.1 Å². The molecule has 2 saturated carbocycles. The number of phenolic OH excluding ortho intramolecular Hbond substituents is 1. The second kappa shape index (κ2) is 4.30. The largest absolute Gasteiger partial charge is 0.504 e. The molecular formula is C15H16O4. The number of phenols is 1. The van der Waals surface area contributed by atoms with Gasteiger partial charge < -0.3 is 14.6 Å². The van der Waals surface area contributed by atoms with Crippen molar-refractivity contribution in [3.8, 4) is 11.5 Å². The first-order valence-electron chi connectivity index (χ1n) is 6.42. The standard InChI is InChI=1S/C15H16O4/c1-18-14(17)15(6-7-15)11-4-5-12(16)13(8-11)19-9-10-2-3-10/h4-5,8-9,16H,2-3,6-7H2,1H3. The van der Waals surface area contributed by atoms with E-state index < -0.39 is 5.41 Å². The highest BCUT2D eigenvalue weighted by molar-refractivity contribution is 5.86. The van der Waals surface area contributed by atoms with E-state index in [-0.39, 0.29) is 11.7 Å². The van der Waals surface area contributed by atoms with Crippen LogP contribution >= 0.6 is 0 Å². The van der Waals surface area contributed by atoms with E-state index in [1.54, 1.807) is 24.5 Å². The van der Waals surface area contributed by atoms with Gasteiger partial charge in [-0.2, -0.15) is 0 Å². The van der Waals surface area contributed by atoms with E-state index in [1.807, 2.05) is 0 Å². The van der Waals surface area contributed by atoms with Gasteiger partial charge in [0.05, 0.1) is 18.8 Å². The first-order chi connectivity index (χ1) is 9.15. The molecule has 1 aromatic carbocycles. The van der Waals surface area contributed by atoms with Gasteiger partial charge in [0.25, 0.3) is 0 Å². The molecule has 0 aliphatic heterocycles. The van der Waals surface area contributed by atoms with Gasteiger partial charge in [0, 0.05) is 0 Å². The Bertz CT molecular complexity index is 549. The van der Waals surface area contributed by atoms with Crippen LogP contribution in [0.4, 0.5) is 0 Å². The van der Waals surface area contributed by atoms with Crippen molar-refractivity contribution in [2.75, 3.05) is 7.11 Å². The molecule has 0 saturated heterocycles. The number of hydrogen-bond donors (Lipinski definition) is 1. The lowest BCUT2D eigenvalue weighted by molar-refractivity contribution is -0.143. The summed E-state index contributed by atoms with van der Waals surface area (Å²) in [6, 6.07) is 5.06. The maximum atomic E-state index is 11.8. The van der Waals surface area contributed by atoms with Gasteiger partial charge >= 0.3 is 5.97 Å². The van der Waals surface area contributed by atoms with Crippen LogP contribution in [0.15, 0.2) is 30.0 Å². The molecule has 2 aliphatic carbocycles. The SMILES string of the molecule is COC(=O)C1(c2ccc(O)c(OC=C3CC3)c2)CC1. The zero-order valence-corrected chi connectivity index (χ0v) is 10.8. The molecule has 0 bridgehead atoms. The Morgan fingerprint density at radius 1 is 1.37 bits per heavy atom. The molecule has 0 atom stereocenters. The van der Waals surface area contributed by atoms with Gasteiger partial charge in [0.15, 0.2) is 11.5 Å². The molecule has 2 aliphatic rings. The number of esters is 1. The highest BCUT2D eigenvalue weighted by Gasteiger charge is 2.52. The molecule has 2 fully saturated rings. The van der Waals surface area contributed by atoms with Crippen LogP contribution in [0.2, 0.25) is 0 Å². The van der Waals surface area contributed by atoms with E-state index in [9.17, 15) is 9.90 Å². The average molecular weight is 260 g/mol. The van der Waals surface area contributed by atoms with Crippen molar-refractivity contribution in [3.63, 3.8) is 0 Å². The summed E-state index contributed by atoms with van der Waals surface area (Å²) in [5.41, 5.74) is 1.55. The normalized spacial score (nSPS) is 18.7. The maximum absolute atomic E-state index is 11.8. The van der Waals surface area contributed by atoms with Crippen molar-refractivity contribution >= 4 is 5.97 Å². The molecule has 4 nitrogen and oxygen atoms in total.